The minimum absolute atomic E-state index is 0.0454. The molecule has 12 heterocycles. The third kappa shape index (κ3) is 20.7. The van der Waals surface area contributed by atoms with Crippen molar-refractivity contribution in [1.29, 1.82) is 0 Å². The number of nitrogens with zero attached hydrogens (tertiary/aromatic N) is 17. The number of morpholine rings is 4. The van der Waals surface area contributed by atoms with E-state index in [1.165, 1.54) is 51.6 Å². The first-order chi connectivity index (χ1) is 50.0. The molecule has 4 aliphatic rings. The second-order valence-corrected chi connectivity index (χ2v) is 30.5. The zero-order chi connectivity index (χ0) is 78.4. The molecule has 0 radical (unpaired) electrons. The highest BCUT2D eigenvalue weighted by molar-refractivity contribution is 7.91. The molecule has 0 bridgehead atoms. The third-order valence-corrected chi connectivity index (χ3v) is 20.1. The van der Waals surface area contributed by atoms with Gasteiger partial charge in [0.15, 0.2) is 15.5 Å². The van der Waals surface area contributed by atoms with Crippen molar-refractivity contribution in [2.45, 2.75) is 102 Å². The predicted molar refractivity (Wildman–Crippen MR) is 392 cm³/mol. The van der Waals surface area contributed by atoms with Crippen LogP contribution in [0.1, 0.15) is 96.3 Å². The van der Waals surface area contributed by atoms with Crippen molar-refractivity contribution >= 4 is 80.2 Å². The molecule has 4 saturated heterocycles. The number of alkyl halides is 6. The van der Waals surface area contributed by atoms with E-state index in [1.807, 2.05) is 21.6 Å². The van der Waals surface area contributed by atoms with Crippen LogP contribution in [0.5, 0.6) is 0 Å². The lowest BCUT2D eigenvalue weighted by Crippen LogP contribution is -2.45. The molecule has 12 rings (SSSR count). The van der Waals surface area contributed by atoms with Crippen LogP contribution in [0.15, 0.2) is 67.3 Å². The quantitative estimate of drug-likeness (QED) is 0.0555. The molecule has 0 amide bonds. The fourth-order valence-electron chi connectivity index (χ4n) is 10.7. The van der Waals surface area contributed by atoms with Crippen LogP contribution < -0.4 is 42.5 Å². The van der Waals surface area contributed by atoms with Crippen LogP contribution >= 0.6 is 23.2 Å². The maximum absolute atomic E-state index is 13.6. The fourth-order valence-corrected chi connectivity index (χ4v) is 11.7. The number of pyridine rings is 3. The molecule has 0 spiro atoms. The van der Waals surface area contributed by atoms with Crippen LogP contribution in [-0.2, 0) is 67.4 Å². The lowest BCUT2D eigenvalue weighted by atomic mass is 10.0. The maximum atomic E-state index is 13.6. The first kappa shape index (κ1) is 82.1. The first-order valence-electron chi connectivity index (χ1n) is 33.5. The van der Waals surface area contributed by atoms with E-state index in [9.17, 15) is 45.0 Å². The number of nitrogen functional groups attached to an aromatic ring is 4. The van der Waals surface area contributed by atoms with Gasteiger partial charge in [0.05, 0.1) is 120 Å². The normalized spacial score (nSPS) is 16.4. The number of aromatic nitrogens is 13. The Morgan fingerprint density at radius 3 is 1.24 bits per heavy atom. The van der Waals surface area contributed by atoms with Gasteiger partial charge in [-0.1, -0.05) is 23.2 Å². The zero-order valence-electron chi connectivity index (χ0n) is 60.6. The summed E-state index contributed by atoms with van der Waals surface area (Å²) in [6.07, 6.45) is -2.97. The molecule has 4 aliphatic heterocycles. The summed E-state index contributed by atoms with van der Waals surface area (Å²) in [6.45, 7) is 23.5. The number of anilines is 8. The van der Waals surface area contributed by atoms with Gasteiger partial charge in [0, 0.05) is 106 Å². The number of halogens is 8. The summed E-state index contributed by atoms with van der Waals surface area (Å²) < 4.78 is 132. The minimum Gasteiger partial charge on any atom is -0.384 e. The van der Waals surface area contributed by atoms with Gasteiger partial charge in [0.2, 0.25) is 29.7 Å². The second kappa shape index (κ2) is 33.3. The summed E-state index contributed by atoms with van der Waals surface area (Å²) in [5.74, 6) is 1.44. The van der Waals surface area contributed by atoms with Gasteiger partial charge in [-0.15, -0.1) is 0 Å². The van der Waals surface area contributed by atoms with Gasteiger partial charge in [-0.2, -0.15) is 26.3 Å². The lowest BCUT2D eigenvalue weighted by Gasteiger charge is -2.34. The van der Waals surface area contributed by atoms with E-state index in [0.717, 1.165) is 18.5 Å². The molecule has 8 aromatic rings. The smallest absolute Gasteiger partial charge is 0.384 e. The minimum atomic E-state index is -4.74. The van der Waals surface area contributed by atoms with Gasteiger partial charge >= 0.3 is 12.4 Å². The van der Waals surface area contributed by atoms with Gasteiger partial charge in [0.1, 0.15) is 39.0 Å². The van der Waals surface area contributed by atoms with Crippen molar-refractivity contribution in [1.82, 2.24) is 64.8 Å². The van der Waals surface area contributed by atoms with E-state index in [4.69, 9.17) is 69.8 Å². The molecule has 10 N–H and O–H groups in total. The van der Waals surface area contributed by atoms with Gasteiger partial charge in [-0.3, -0.25) is 0 Å². The van der Waals surface area contributed by atoms with Crippen LogP contribution in [0.4, 0.5) is 73.5 Å². The standard InChI is InChI=1S/C18H24ClN5O3S.C18H22F3N5O2.C16H20ClN5O2.C16H19F3N6O2/c1-11-10-27-6-5-24(11)17-22-14(12-9-21-16(20)7-13(12)19)8-15(23-17)18(2,3)28(4,25)26;1-17(2,27-3)14-9-13(24-16(25-14)26-4-6-28-7-5-26)11-10-23-15(22)8-12(11)18(19,20)21;1-16(2,23)13-8-12(10-9-19-14(18)7-11(10)17)20-15(21-13)22-3-5-24-6-4-22;1-15(2,26)11-7-10(22-14(23-11)25-3-5-27-6-4-25)9-8-21-13(20)24-12(9)16(17,18)19/h7-9,11H,5-6,10H2,1-4H3,(H2,20,21);8-10H,4-7H2,1-3H3,(H2,22,23);7-9,23H,3-6H2,1-2H3,(H2,18,19);7-8,26H,3-6H2,1-2H3,(H2,20,21,24)/t11-;;;/m0.../s1. The van der Waals surface area contributed by atoms with E-state index in [-0.39, 0.29) is 46.0 Å². The molecule has 39 heteroatoms. The molecule has 107 heavy (non-hydrogen) atoms. The summed E-state index contributed by atoms with van der Waals surface area (Å²) in [6, 6.07) is 10.2. The average molecular weight is 1560 g/mol. The molecule has 578 valence electrons. The number of nitrogens with two attached hydrogens (primary N) is 4. The highest BCUT2D eigenvalue weighted by Crippen LogP contribution is 2.41. The van der Waals surface area contributed by atoms with E-state index >= 15 is 0 Å². The van der Waals surface area contributed by atoms with E-state index in [0.29, 0.717) is 178 Å². The number of methoxy groups -OCH3 is 1. The Morgan fingerprint density at radius 2 is 0.841 bits per heavy atom. The highest BCUT2D eigenvalue weighted by atomic mass is 35.5. The van der Waals surface area contributed by atoms with E-state index in [2.05, 4.69) is 64.8 Å². The molecular weight excluding hydrogens is 1470 g/mol. The van der Waals surface area contributed by atoms with Crippen LogP contribution in [0.2, 0.25) is 10.0 Å². The van der Waals surface area contributed by atoms with Crippen LogP contribution in [0, 0.1) is 0 Å². The van der Waals surface area contributed by atoms with Crippen LogP contribution in [0.25, 0.3) is 45.0 Å². The Hall–Kier alpha value is -8.92. The van der Waals surface area contributed by atoms with E-state index < -0.39 is 60.9 Å². The Morgan fingerprint density at radius 1 is 0.477 bits per heavy atom. The summed E-state index contributed by atoms with van der Waals surface area (Å²) in [5.41, 5.74) is 20.2. The molecule has 0 unspecified atom stereocenters. The summed E-state index contributed by atoms with van der Waals surface area (Å²) in [5, 5.41) is 21.6. The number of aliphatic hydroxyl groups is 2. The molecule has 0 aliphatic carbocycles. The van der Waals surface area contributed by atoms with Crippen LogP contribution in [0.3, 0.4) is 0 Å². The van der Waals surface area contributed by atoms with Crippen molar-refractivity contribution in [3.8, 4) is 45.0 Å². The number of hydrogen-bond acceptors (Lipinski definition) is 30. The Labute approximate surface area is 624 Å². The molecular formula is C68H85Cl2F6N21O9S. The number of hydrogen-bond donors (Lipinski definition) is 6. The Balaban J connectivity index is 0.000000165. The van der Waals surface area contributed by atoms with Gasteiger partial charge in [-0.25, -0.2) is 73.2 Å². The maximum Gasteiger partial charge on any atom is 0.434 e. The molecule has 30 nitrogen and oxygen atoms in total. The summed E-state index contributed by atoms with van der Waals surface area (Å²) in [7, 11) is -1.92. The van der Waals surface area contributed by atoms with Gasteiger partial charge in [-0.05, 0) is 105 Å². The average Bonchev–Trinajstić information content (AvgIpc) is 0.778. The Kier molecular flexibility index (Phi) is 25.6. The lowest BCUT2D eigenvalue weighted by molar-refractivity contribution is -0.140. The molecule has 1 atom stereocenters. The van der Waals surface area contributed by atoms with Crippen molar-refractivity contribution in [2.24, 2.45) is 0 Å². The van der Waals surface area contributed by atoms with Crippen molar-refractivity contribution < 1.29 is 68.7 Å². The topological polar surface area (TPSA) is 405 Å². The van der Waals surface area contributed by atoms with Crippen molar-refractivity contribution in [3.05, 3.63) is 111 Å². The summed E-state index contributed by atoms with van der Waals surface area (Å²) in [4.78, 5) is 62.7. The van der Waals surface area contributed by atoms with E-state index in [1.54, 1.807) is 70.8 Å². The molecule has 8 aromatic heterocycles. The second-order valence-electron chi connectivity index (χ2n) is 27.1. The largest absolute Gasteiger partial charge is 0.434 e. The van der Waals surface area contributed by atoms with Crippen molar-refractivity contribution in [2.75, 3.05) is 155 Å². The molecule has 0 saturated carbocycles. The SMILES string of the molecule is CC(C)(O)c1cc(-c2cnc(N)cc2Cl)nc(N2CCOCC2)n1.CC(C)(O)c1cc(-c2cnc(N)nc2C(F)(F)F)nc(N2CCOCC2)n1.COC(C)(C)c1cc(-c2cnc(N)cc2C(F)(F)F)nc(N2CCOCC2)n1.C[C@H]1COCCN1c1nc(-c2cnc(N)cc2Cl)cc(C(C)(C)S(C)(=O)=O)n1. The molecule has 4 fully saturated rings. The number of sulfone groups is 1. The Bertz CT molecular complexity index is 4570. The monoisotopic (exact) mass is 1560 g/mol. The zero-order valence-corrected chi connectivity index (χ0v) is 63.0. The van der Waals surface area contributed by atoms with Gasteiger partial charge in [0.25, 0.3) is 0 Å². The first-order valence-corrected chi connectivity index (χ1v) is 36.1. The number of rotatable bonds is 14. The molecule has 0 aromatic carbocycles. The highest BCUT2D eigenvalue weighted by Gasteiger charge is 2.40. The fraction of sp³-hybridized carbons (Fsp3) is 0.485. The van der Waals surface area contributed by atoms with Gasteiger partial charge < -0.3 is 76.4 Å². The van der Waals surface area contributed by atoms with Crippen LogP contribution in [-0.4, -0.2) is 201 Å². The number of ether oxygens (including phenoxy) is 5. The summed E-state index contributed by atoms with van der Waals surface area (Å²) >= 11 is 12.6. The predicted octanol–water partition coefficient (Wildman–Crippen LogP) is 8.57. The third-order valence-electron chi connectivity index (χ3n) is 17.4. The van der Waals surface area contributed by atoms with Crippen molar-refractivity contribution in [3.63, 3.8) is 0 Å².